The highest BCUT2D eigenvalue weighted by atomic mass is 15.3. The highest BCUT2D eigenvalue weighted by Crippen LogP contribution is 2.38. The molecule has 3 heteroatoms. The number of aryl methyl sites for hydroxylation is 1. The first kappa shape index (κ1) is 13.9. The third kappa shape index (κ3) is 2.57. The summed E-state index contributed by atoms with van der Waals surface area (Å²) in [6, 6.07) is 4.38. The summed E-state index contributed by atoms with van der Waals surface area (Å²) in [5.41, 5.74) is 1.91. The van der Waals surface area contributed by atoms with Crippen LogP contribution in [0.2, 0.25) is 0 Å². The largest absolute Gasteiger partial charge is 0.353 e. The Kier molecular flexibility index (Phi) is 3.99. The quantitative estimate of drug-likeness (QED) is 0.781. The van der Waals surface area contributed by atoms with Crippen molar-refractivity contribution in [2.75, 3.05) is 26.2 Å². The van der Waals surface area contributed by atoms with Gasteiger partial charge in [-0.1, -0.05) is 6.08 Å². The van der Waals surface area contributed by atoms with Gasteiger partial charge in [0.25, 0.3) is 0 Å². The maximum absolute atomic E-state index is 3.92. The molecule has 20 heavy (non-hydrogen) atoms. The van der Waals surface area contributed by atoms with E-state index >= 15 is 0 Å². The van der Waals surface area contributed by atoms with Gasteiger partial charge in [0.2, 0.25) is 0 Å². The van der Waals surface area contributed by atoms with Crippen molar-refractivity contribution in [2.45, 2.75) is 37.8 Å². The molecule has 0 radical (unpaired) electrons. The van der Waals surface area contributed by atoms with Crippen LogP contribution >= 0.6 is 0 Å². The van der Waals surface area contributed by atoms with Crippen molar-refractivity contribution in [3.05, 3.63) is 36.7 Å². The third-order valence-corrected chi connectivity index (χ3v) is 5.31. The second-order valence-electron chi connectivity index (χ2n) is 6.45. The Balaban J connectivity index is 1.59. The lowest BCUT2D eigenvalue weighted by Crippen LogP contribution is -2.51. The summed E-state index contributed by atoms with van der Waals surface area (Å²) < 4.78 is 2.24. The lowest BCUT2D eigenvalue weighted by molar-refractivity contribution is 0.0570. The van der Waals surface area contributed by atoms with Crippen molar-refractivity contribution in [1.29, 1.82) is 0 Å². The fraction of sp³-hybridized carbons (Fsp3) is 0.647. The fourth-order valence-electron chi connectivity index (χ4n) is 4.02. The van der Waals surface area contributed by atoms with E-state index in [-0.39, 0.29) is 0 Å². The lowest BCUT2D eigenvalue weighted by atomic mass is 9.85. The normalized spacial score (nSPS) is 23.4. The highest BCUT2D eigenvalue weighted by molar-refractivity contribution is 5.07. The lowest BCUT2D eigenvalue weighted by Gasteiger charge is -2.45. The Morgan fingerprint density at radius 3 is 2.70 bits per heavy atom. The zero-order valence-electron chi connectivity index (χ0n) is 12.7. The van der Waals surface area contributed by atoms with Crippen molar-refractivity contribution in [3.8, 4) is 0 Å². The standard InChI is InChI=1S/C17H27N3/c1-3-10-20-12-5-7-17(20)8-13-19(14-9-17)15-16-6-4-11-18(16)2/h3-4,6,11H,1,5,7-10,12-15H2,2H3. The first-order valence-corrected chi connectivity index (χ1v) is 7.92. The molecule has 2 aliphatic rings. The van der Waals surface area contributed by atoms with Gasteiger partial charge in [-0.2, -0.15) is 0 Å². The molecule has 2 fully saturated rings. The van der Waals surface area contributed by atoms with Gasteiger partial charge in [0.15, 0.2) is 0 Å². The maximum Gasteiger partial charge on any atom is 0.0387 e. The zero-order chi connectivity index (χ0) is 14.0. The first-order chi connectivity index (χ1) is 9.73. The monoisotopic (exact) mass is 273 g/mol. The number of likely N-dealkylation sites (tertiary alicyclic amines) is 2. The molecule has 0 N–H and O–H groups in total. The van der Waals surface area contributed by atoms with Gasteiger partial charge in [0.05, 0.1) is 0 Å². The molecular formula is C17H27N3. The molecule has 3 heterocycles. The molecule has 0 saturated carbocycles. The van der Waals surface area contributed by atoms with Crippen LogP contribution in [0, 0.1) is 0 Å². The van der Waals surface area contributed by atoms with E-state index in [4.69, 9.17) is 0 Å². The fourth-order valence-corrected chi connectivity index (χ4v) is 4.02. The molecule has 2 saturated heterocycles. The van der Waals surface area contributed by atoms with Crippen LogP contribution in [0.5, 0.6) is 0 Å². The molecule has 1 spiro atoms. The van der Waals surface area contributed by atoms with Crippen molar-refractivity contribution in [1.82, 2.24) is 14.4 Å². The molecule has 0 bridgehead atoms. The minimum absolute atomic E-state index is 0.485. The summed E-state index contributed by atoms with van der Waals surface area (Å²) in [6.07, 6.45) is 9.62. The average Bonchev–Trinajstić information content (AvgIpc) is 3.02. The van der Waals surface area contributed by atoms with Crippen LogP contribution in [-0.2, 0) is 13.6 Å². The van der Waals surface area contributed by atoms with E-state index in [2.05, 4.69) is 52.4 Å². The van der Waals surface area contributed by atoms with Crippen molar-refractivity contribution in [2.24, 2.45) is 7.05 Å². The van der Waals surface area contributed by atoms with Crippen LogP contribution < -0.4 is 0 Å². The van der Waals surface area contributed by atoms with Crippen molar-refractivity contribution >= 4 is 0 Å². The van der Waals surface area contributed by atoms with Crippen LogP contribution in [0.25, 0.3) is 0 Å². The van der Waals surface area contributed by atoms with E-state index in [9.17, 15) is 0 Å². The first-order valence-electron chi connectivity index (χ1n) is 7.92. The minimum Gasteiger partial charge on any atom is -0.353 e. The summed E-state index contributed by atoms with van der Waals surface area (Å²) in [7, 11) is 2.14. The smallest absolute Gasteiger partial charge is 0.0387 e. The Bertz CT molecular complexity index is 455. The van der Waals surface area contributed by atoms with Gasteiger partial charge in [0.1, 0.15) is 0 Å². The molecule has 0 unspecified atom stereocenters. The predicted octanol–water partition coefficient (Wildman–Crippen LogP) is 2.64. The van der Waals surface area contributed by atoms with Crippen molar-refractivity contribution < 1.29 is 0 Å². The summed E-state index contributed by atoms with van der Waals surface area (Å²) in [5.74, 6) is 0. The average molecular weight is 273 g/mol. The molecule has 110 valence electrons. The second kappa shape index (κ2) is 5.74. The Morgan fingerprint density at radius 2 is 2.05 bits per heavy atom. The van der Waals surface area contributed by atoms with Gasteiger partial charge in [0, 0.05) is 50.7 Å². The van der Waals surface area contributed by atoms with Crippen LogP contribution in [0.3, 0.4) is 0 Å². The zero-order valence-corrected chi connectivity index (χ0v) is 12.7. The maximum atomic E-state index is 3.92. The van der Waals surface area contributed by atoms with E-state index in [0.29, 0.717) is 5.54 Å². The molecule has 0 aliphatic carbocycles. The molecule has 0 atom stereocenters. The Morgan fingerprint density at radius 1 is 1.25 bits per heavy atom. The van der Waals surface area contributed by atoms with Crippen LogP contribution in [-0.4, -0.2) is 46.1 Å². The van der Waals surface area contributed by atoms with Crippen LogP contribution in [0.15, 0.2) is 31.0 Å². The number of piperidine rings is 1. The number of nitrogens with zero attached hydrogens (tertiary/aromatic N) is 3. The van der Waals surface area contributed by atoms with E-state index in [1.165, 1.54) is 51.0 Å². The van der Waals surface area contributed by atoms with Gasteiger partial charge in [-0.05, 0) is 44.4 Å². The summed E-state index contributed by atoms with van der Waals surface area (Å²) in [4.78, 5) is 5.30. The van der Waals surface area contributed by atoms with Gasteiger partial charge in [-0.15, -0.1) is 6.58 Å². The van der Waals surface area contributed by atoms with E-state index in [1.807, 2.05) is 0 Å². The van der Waals surface area contributed by atoms with Gasteiger partial charge >= 0.3 is 0 Å². The molecular weight excluding hydrogens is 246 g/mol. The van der Waals surface area contributed by atoms with E-state index < -0.39 is 0 Å². The minimum atomic E-state index is 0.485. The Hall–Kier alpha value is -1.06. The topological polar surface area (TPSA) is 11.4 Å². The highest BCUT2D eigenvalue weighted by Gasteiger charge is 2.42. The van der Waals surface area contributed by atoms with Gasteiger partial charge < -0.3 is 4.57 Å². The molecule has 0 aromatic carbocycles. The summed E-state index contributed by atoms with van der Waals surface area (Å²) in [5, 5.41) is 0. The molecule has 3 nitrogen and oxygen atoms in total. The molecule has 1 aromatic heterocycles. The van der Waals surface area contributed by atoms with E-state index in [0.717, 1.165) is 13.1 Å². The number of hydrogen-bond acceptors (Lipinski definition) is 2. The predicted molar refractivity (Wildman–Crippen MR) is 83.7 cm³/mol. The SMILES string of the molecule is C=CCN1CCCC12CCN(Cc1cccn1C)CC2. The summed E-state index contributed by atoms with van der Waals surface area (Å²) in [6.45, 7) is 9.82. The van der Waals surface area contributed by atoms with Crippen molar-refractivity contribution in [3.63, 3.8) is 0 Å². The number of aromatic nitrogens is 1. The van der Waals surface area contributed by atoms with Gasteiger partial charge in [-0.25, -0.2) is 0 Å². The second-order valence-corrected chi connectivity index (χ2v) is 6.45. The summed E-state index contributed by atoms with van der Waals surface area (Å²) >= 11 is 0. The third-order valence-electron chi connectivity index (χ3n) is 5.31. The molecule has 1 aromatic rings. The van der Waals surface area contributed by atoms with E-state index in [1.54, 1.807) is 0 Å². The van der Waals surface area contributed by atoms with Gasteiger partial charge in [-0.3, -0.25) is 9.80 Å². The van der Waals surface area contributed by atoms with Crippen LogP contribution in [0.4, 0.5) is 0 Å². The number of rotatable bonds is 4. The molecule has 0 amide bonds. The Labute approximate surface area is 122 Å². The molecule has 2 aliphatic heterocycles. The van der Waals surface area contributed by atoms with Crippen LogP contribution in [0.1, 0.15) is 31.4 Å². The number of hydrogen-bond donors (Lipinski definition) is 0. The molecule has 3 rings (SSSR count).